The molecule has 1 aliphatic heterocycles. The van der Waals surface area contributed by atoms with Crippen LogP contribution in [0.5, 0.6) is 0 Å². The van der Waals surface area contributed by atoms with E-state index >= 15 is 0 Å². The Morgan fingerprint density at radius 2 is 1.65 bits per heavy atom. The van der Waals surface area contributed by atoms with Gasteiger partial charge in [-0.25, -0.2) is 0 Å². The van der Waals surface area contributed by atoms with Crippen molar-refractivity contribution >= 4 is 0 Å². The quantitative estimate of drug-likeness (QED) is 0.747. The minimum Gasteiger partial charge on any atom is -0.373 e. The highest BCUT2D eigenvalue weighted by molar-refractivity contribution is 4.89. The zero-order valence-electron chi connectivity index (χ0n) is 11.6. The van der Waals surface area contributed by atoms with Gasteiger partial charge in [0.1, 0.15) is 0 Å². The summed E-state index contributed by atoms with van der Waals surface area (Å²) in [6.07, 6.45) is 7.65. The smallest absolute Gasteiger partial charge is 0.0678 e. The topological polar surface area (TPSA) is 24.5 Å². The van der Waals surface area contributed by atoms with Crippen LogP contribution in [0.1, 0.15) is 46.0 Å². The molecule has 4 atom stereocenters. The molecule has 100 valence electrons. The Bertz CT molecular complexity index is 224. The van der Waals surface area contributed by atoms with Crippen molar-refractivity contribution in [3.63, 3.8) is 0 Å². The van der Waals surface area contributed by atoms with Gasteiger partial charge >= 0.3 is 0 Å². The summed E-state index contributed by atoms with van der Waals surface area (Å²) in [7, 11) is 2.12. The Labute approximate surface area is 106 Å². The van der Waals surface area contributed by atoms with Crippen LogP contribution in [0.3, 0.4) is 0 Å². The summed E-state index contributed by atoms with van der Waals surface area (Å²) in [5.74, 6) is 0. The van der Waals surface area contributed by atoms with Gasteiger partial charge in [-0.05, 0) is 33.7 Å². The van der Waals surface area contributed by atoms with E-state index < -0.39 is 0 Å². The SMILES string of the molecule is CNC1CCCCCC1N1CC(C)OC(C)C1. The molecule has 1 saturated heterocycles. The first-order chi connectivity index (χ1) is 8.20. The molecule has 3 heteroatoms. The van der Waals surface area contributed by atoms with E-state index in [2.05, 4.69) is 31.1 Å². The molecule has 0 aromatic carbocycles. The minimum atomic E-state index is 0.388. The van der Waals surface area contributed by atoms with E-state index in [1.165, 1.54) is 32.1 Å². The fraction of sp³-hybridized carbons (Fsp3) is 1.00. The Kier molecular flexibility index (Phi) is 4.83. The molecule has 17 heavy (non-hydrogen) atoms. The van der Waals surface area contributed by atoms with Crippen molar-refractivity contribution in [1.29, 1.82) is 0 Å². The standard InChI is InChI=1S/C14H28N2O/c1-11-9-16(10-12(2)17-11)14-8-6-4-5-7-13(14)15-3/h11-15H,4-10H2,1-3H3. The molecular weight excluding hydrogens is 212 g/mol. The lowest BCUT2D eigenvalue weighted by Gasteiger charge is -2.42. The lowest BCUT2D eigenvalue weighted by atomic mass is 9.99. The van der Waals surface area contributed by atoms with Gasteiger partial charge in [-0.3, -0.25) is 4.90 Å². The first kappa shape index (κ1) is 13.3. The largest absolute Gasteiger partial charge is 0.373 e. The van der Waals surface area contributed by atoms with Crippen molar-refractivity contribution in [3.8, 4) is 0 Å². The van der Waals surface area contributed by atoms with E-state index in [0.717, 1.165) is 19.1 Å². The highest BCUT2D eigenvalue weighted by atomic mass is 16.5. The minimum absolute atomic E-state index is 0.388. The van der Waals surface area contributed by atoms with Crippen LogP contribution in [0.2, 0.25) is 0 Å². The molecular formula is C14H28N2O. The number of nitrogens with zero attached hydrogens (tertiary/aromatic N) is 1. The van der Waals surface area contributed by atoms with Crippen molar-refractivity contribution in [2.45, 2.75) is 70.2 Å². The van der Waals surface area contributed by atoms with Crippen LogP contribution in [0.25, 0.3) is 0 Å². The lowest BCUT2D eigenvalue weighted by Crippen LogP contribution is -2.56. The Hall–Kier alpha value is -0.120. The van der Waals surface area contributed by atoms with Gasteiger partial charge in [0.05, 0.1) is 12.2 Å². The molecule has 0 spiro atoms. The Morgan fingerprint density at radius 1 is 1.00 bits per heavy atom. The molecule has 4 unspecified atom stereocenters. The number of likely N-dealkylation sites (N-methyl/N-ethyl adjacent to an activating group) is 1. The summed E-state index contributed by atoms with van der Waals surface area (Å²) in [5.41, 5.74) is 0. The second-order valence-corrected chi connectivity index (χ2v) is 5.81. The van der Waals surface area contributed by atoms with Gasteiger partial charge in [0.25, 0.3) is 0 Å². The Balaban J connectivity index is 2.01. The molecule has 3 nitrogen and oxygen atoms in total. The molecule has 0 amide bonds. The molecule has 2 aliphatic rings. The summed E-state index contributed by atoms with van der Waals surface area (Å²) in [6, 6.07) is 1.39. The molecule has 1 heterocycles. The van der Waals surface area contributed by atoms with Crippen LogP contribution in [0.15, 0.2) is 0 Å². The highest BCUT2D eigenvalue weighted by Crippen LogP contribution is 2.25. The van der Waals surface area contributed by atoms with Gasteiger partial charge in [-0.1, -0.05) is 19.3 Å². The summed E-state index contributed by atoms with van der Waals surface area (Å²) in [4.78, 5) is 2.67. The lowest BCUT2D eigenvalue weighted by molar-refractivity contribution is -0.0847. The number of morpholine rings is 1. The van der Waals surface area contributed by atoms with Crippen molar-refractivity contribution < 1.29 is 4.74 Å². The second-order valence-electron chi connectivity index (χ2n) is 5.81. The zero-order chi connectivity index (χ0) is 12.3. The maximum atomic E-state index is 5.85. The molecule has 0 aromatic heterocycles. The van der Waals surface area contributed by atoms with Gasteiger partial charge < -0.3 is 10.1 Å². The fourth-order valence-electron chi connectivity index (χ4n) is 3.55. The average Bonchev–Trinajstić information content (AvgIpc) is 2.52. The molecule has 0 radical (unpaired) electrons. The van der Waals surface area contributed by atoms with Crippen LogP contribution in [0.4, 0.5) is 0 Å². The molecule has 0 aromatic rings. The van der Waals surface area contributed by atoms with Gasteiger partial charge in [-0.2, -0.15) is 0 Å². The van der Waals surface area contributed by atoms with Crippen molar-refractivity contribution in [3.05, 3.63) is 0 Å². The summed E-state index contributed by atoms with van der Waals surface area (Å²) >= 11 is 0. The zero-order valence-corrected chi connectivity index (χ0v) is 11.6. The van der Waals surface area contributed by atoms with Gasteiger partial charge in [0.2, 0.25) is 0 Å². The second kappa shape index (κ2) is 6.17. The van der Waals surface area contributed by atoms with E-state index in [1.807, 2.05) is 0 Å². The van der Waals surface area contributed by atoms with Gasteiger partial charge in [-0.15, -0.1) is 0 Å². The number of hydrogen-bond acceptors (Lipinski definition) is 3. The van der Waals surface area contributed by atoms with E-state index in [0.29, 0.717) is 18.2 Å². The summed E-state index contributed by atoms with van der Waals surface area (Å²) < 4.78 is 5.85. The predicted molar refractivity (Wildman–Crippen MR) is 71.3 cm³/mol. The molecule has 1 aliphatic carbocycles. The summed E-state index contributed by atoms with van der Waals surface area (Å²) in [6.45, 7) is 6.61. The normalized spacial score (nSPS) is 41.1. The molecule has 2 fully saturated rings. The first-order valence-corrected chi connectivity index (χ1v) is 7.27. The van der Waals surface area contributed by atoms with E-state index in [9.17, 15) is 0 Å². The van der Waals surface area contributed by atoms with Gasteiger partial charge in [0.15, 0.2) is 0 Å². The third kappa shape index (κ3) is 3.43. The number of hydrogen-bond donors (Lipinski definition) is 1. The van der Waals surface area contributed by atoms with Crippen molar-refractivity contribution in [2.75, 3.05) is 20.1 Å². The maximum absolute atomic E-state index is 5.85. The van der Waals surface area contributed by atoms with Crippen LogP contribution in [0, 0.1) is 0 Å². The van der Waals surface area contributed by atoms with Crippen molar-refractivity contribution in [2.24, 2.45) is 0 Å². The van der Waals surface area contributed by atoms with Crippen LogP contribution in [-0.2, 0) is 4.74 Å². The summed E-state index contributed by atoms with van der Waals surface area (Å²) in [5, 5.41) is 3.54. The van der Waals surface area contributed by atoms with E-state index in [-0.39, 0.29) is 0 Å². The van der Waals surface area contributed by atoms with E-state index in [1.54, 1.807) is 0 Å². The van der Waals surface area contributed by atoms with Crippen molar-refractivity contribution in [1.82, 2.24) is 10.2 Å². The number of rotatable bonds is 2. The molecule has 2 rings (SSSR count). The van der Waals surface area contributed by atoms with Crippen LogP contribution < -0.4 is 5.32 Å². The molecule has 1 saturated carbocycles. The number of nitrogens with one attached hydrogen (secondary N) is 1. The molecule has 1 N–H and O–H groups in total. The Morgan fingerprint density at radius 3 is 2.29 bits per heavy atom. The average molecular weight is 240 g/mol. The van der Waals surface area contributed by atoms with Crippen LogP contribution >= 0.6 is 0 Å². The monoisotopic (exact) mass is 240 g/mol. The highest BCUT2D eigenvalue weighted by Gasteiger charge is 2.32. The number of ether oxygens (including phenoxy) is 1. The van der Waals surface area contributed by atoms with E-state index in [4.69, 9.17) is 4.74 Å². The third-order valence-corrected chi connectivity index (χ3v) is 4.27. The third-order valence-electron chi connectivity index (χ3n) is 4.27. The predicted octanol–water partition coefficient (Wildman–Crippen LogP) is 2.02. The van der Waals surface area contributed by atoms with Crippen LogP contribution in [-0.4, -0.2) is 49.3 Å². The van der Waals surface area contributed by atoms with Gasteiger partial charge in [0, 0.05) is 25.2 Å². The maximum Gasteiger partial charge on any atom is 0.0678 e. The molecule has 0 bridgehead atoms. The fourth-order valence-corrected chi connectivity index (χ4v) is 3.55. The first-order valence-electron chi connectivity index (χ1n) is 7.27.